The number of non-ortho nitro benzene ring substituents is 1. The van der Waals surface area contributed by atoms with Gasteiger partial charge in [-0.2, -0.15) is 0 Å². The number of carbonyl (C=O) groups is 1. The summed E-state index contributed by atoms with van der Waals surface area (Å²) in [6.07, 6.45) is 0.200. The second-order valence-electron chi connectivity index (χ2n) is 8.43. The SMILES string of the molecule is COP(=O)(OC)C(c1ccc([N+](=O)[O-])cc1)N(C(=O)C1(C)CC1(Cl)Cl)c1ccc(N(C)C)cc1. The third kappa shape index (κ3) is 4.68. The maximum absolute atomic E-state index is 13.9. The summed E-state index contributed by atoms with van der Waals surface area (Å²) in [5.41, 5.74) is 0.301. The number of hydrogen-bond acceptors (Lipinski definition) is 7. The predicted molar refractivity (Wildman–Crippen MR) is 133 cm³/mol. The highest BCUT2D eigenvalue weighted by atomic mass is 35.5. The van der Waals surface area contributed by atoms with Gasteiger partial charge in [-0.1, -0.05) is 0 Å². The largest absolute Gasteiger partial charge is 0.378 e. The average molecular weight is 530 g/mol. The zero-order valence-electron chi connectivity index (χ0n) is 19.4. The van der Waals surface area contributed by atoms with Crippen LogP contribution in [-0.2, 0) is 18.4 Å². The van der Waals surface area contributed by atoms with Crippen molar-refractivity contribution >= 4 is 53.8 Å². The van der Waals surface area contributed by atoms with Crippen molar-refractivity contribution in [3.8, 4) is 0 Å². The normalized spacial score (nSPS) is 19.9. The topological polar surface area (TPSA) is 102 Å². The molecule has 2 aromatic rings. The number of halogens is 2. The number of benzene rings is 2. The van der Waals surface area contributed by atoms with Crippen molar-refractivity contribution in [2.45, 2.75) is 23.5 Å². The van der Waals surface area contributed by atoms with E-state index in [4.69, 9.17) is 32.2 Å². The first kappa shape index (κ1) is 26.4. The molecule has 1 saturated carbocycles. The zero-order chi connectivity index (χ0) is 25.5. The molecule has 2 atom stereocenters. The van der Waals surface area contributed by atoms with E-state index < -0.39 is 34.0 Å². The predicted octanol–water partition coefficient (Wildman–Crippen LogP) is 5.76. The molecule has 0 radical (unpaired) electrons. The highest BCUT2D eigenvalue weighted by Gasteiger charge is 2.70. The summed E-state index contributed by atoms with van der Waals surface area (Å²) in [7, 11) is 2.18. The van der Waals surface area contributed by atoms with E-state index in [9.17, 15) is 19.5 Å². The molecule has 2 aromatic carbocycles. The number of carbonyl (C=O) groups excluding carboxylic acids is 1. The van der Waals surface area contributed by atoms with Crippen LogP contribution in [0.3, 0.4) is 0 Å². The summed E-state index contributed by atoms with van der Waals surface area (Å²) in [6.45, 7) is 1.63. The van der Waals surface area contributed by atoms with Crippen molar-refractivity contribution in [3.05, 3.63) is 64.2 Å². The number of rotatable bonds is 9. The Kier molecular flexibility index (Phi) is 7.37. The Balaban J connectivity index is 2.23. The van der Waals surface area contributed by atoms with Crippen molar-refractivity contribution in [3.63, 3.8) is 0 Å². The van der Waals surface area contributed by atoms with Crippen molar-refractivity contribution in [2.75, 3.05) is 38.1 Å². The third-order valence-electron chi connectivity index (χ3n) is 6.05. The maximum atomic E-state index is 13.9. The van der Waals surface area contributed by atoms with Crippen LogP contribution in [-0.4, -0.2) is 43.5 Å². The fourth-order valence-electron chi connectivity index (χ4n) is 3.69. The smallest absolute Gasteiger partial charge is 0.357 e. The minimum absolute atomic E-state index is 0.157. The zero-order valence-corrected chi connectivity index (χ0v) is 21.8. The third-order valence-corrected chi connectivity index (χ3v) is 9.30. The first-order valence-corrected chi connectivity index (χ1v) is 12.6. The van der Waals surface area contributed by atoms with Gasteiger partial charge in [0.1, 0.15) is 4.33 Å². The molecule has 12 heteroatoms. The average Bonchev–Trinajstić information content (AvgIpc) is 3.35. The lowest BCUT2D eigenvalue weighted by Crippen LogP contribution is -2.41. The number of anilines is 2. The molecule has 1 aliphatic carbocycles. The van der Waals surface area contributed by atoms with Gasteiger partial charge in [0.15, 0.2) is 5.78 Å². The lowest BCUT2D eigenvalue weighted by atomic mass is 10.1. The van der Waals surface area contributed by atoms with Crippen molar-refractivity contribution in [1.82, 2.24) is 0 Å². The van der Waals surface area contributed by atoms with E-state index in [1.165, 1.54) is 43.4 Å². The minimum Gasteiger partial charge on any atom is -0.378 e. The van der Waals surface area contributed by atoms with Gasteiger partial charge in [0.2, 0.25) is 5.91 Å². The summed E-state index contributed by atoms with van der Waals surface area (Å²) in [6, 6.07) is 12.4. The monoisotopic (exact) mass is 529 g/mol. The van der Waals surface area contributed by atoms with E-state index in [0.717, 1.165) is 5.69 Å². The van der Waals surface area contributed by atoms with E-state index in [1.54, 1.807) is 31.2 Å². The Morgan fingerprint density at radius 1 is 1.06 bits per heavy atom. The Morgan fingerprint density at radius 3 is 1.91 bits per heavy atom. The molecule has 3 rings (SSSR count). The molecule has 0 spiro atoms. The first-order valence-electron chi connectivity index (χ1n) is 10.3. The number of hydrogen-bond donors (Lipinski definition) is 0. The number of nitro benzene ring substituents is 1. The Labute approximate surface area is 208 Å². The molecule has 0 heterocycles. The second kappa shape index (κ2) is 9.47. The molecule has 0 aliphatic heterocycles. The number of amides is 1. The van der Waals surface area contributed by atoms with E-state index in [2.05, 4.69) is 0 Å². The van der Waals surface area contributed by atoms with Gasteiger partial charge in [-0.25, -0.2) is 0 Å². The molecular weight excluding hydrogens is 504 g/mol. The molecule has 0 N–H and O–H groups in total. The summed E-state index contributed by atoms with van der Waals surface area (Å²) in [5, 5.41) is 11.2. The molecule has 0 saturated heterocycles. The van der Waals surface area contributed by atoms with Crippen molar-refractivity contribution in [2.24, 2.45) is 5.41 Å². The molecule has 1 aliphatic rings. The van der Waals surface area contributed by atoms with Crippen LogP contribution in [0, 0.1) is 15.5 Å². The molecule has 0 bridgehead atoms. The lowest BCUT2D eigenvalue weighted by Gasteiger charge is -2.37. The number of nitro groups is 1. The van der Waals surface area contributed by atoms with Crippen LogP contribution in [0.15, 0.2) is 48.5 Å². The van der Waals surface area contributed by atoms with Gasteiger partial charge in [0.25, 0.3) is 5.69 Å². The van der Waals surface area contributed by atoms with E-state index in [1.807, 2.05) is 19.0 Å². The molecule has 2 unspecified atom stereocenters. The van der Waals surface area contributed by atoms with Gasteiger partial charge in [-0.05, 0) is 55.3 Å². The molecule has 1 amide bonds. The van der Waals surface area contributed by atoms with Gasteiger partial charge < -0.3 is 13.9 Å². The van der Waals surface area contributed by atoms with Crippen LogP contribution in [0.1, 0.15) is 24.7 Å². The van der Waals surface area contributed by atoms with E-state index in [-0.39, 0.29) is 12.1 Å². The van der Waals surface area contributed by atoms with Crippen molar-refractivity contribution < 1.29 is 23.3 Å². The lowest BCUT2D eigenvalue weighted by molar-refractivity contribution is -0.384. The fraction of sp³-hybridized carbons (Fsp3) is 0.409. The summed E-state index contributed by atoms with van der Waals surface area (Å²) >= 11 is 12.7. The van der Waals surface area contributed by atoms with Gasteiger partial charge in [-0.15, -0.1) is 23.2 Å². The van der Waals surface area contributed by atoms with Gasteiger partial charge in [0, 0.05) is 51.8 Å². The standard InChI is InChI=1S/C22H26Cl2N3O6P/c1-21(14-22(21,23)24)20(28)26(17-12-10-16(11-13-17)25(2)3)19(34(31,32-4)33-5)15-6-8-18(9-7-15)27(29)30/h6-13,19H,14H2,1-5H3. The maximum Gasteiger partial charge on any atom is 0.357 e. The highest BCUT2D eigenvalue weighted by Crippen LogP contribution is 2.68. The van der Waals surface area contributed by atoms with Crippen LogP contribution in [0.5, 0.6) is 0 Å². The van der Waals surface area contributed by atoms with Crippen LogP contribution >= 0.6 is 30.8 Å². The molecule has 34 heavy (non-hydrogen) atoms. The Morgan fingerprint density at radius 2 is 1.53 bits per heavy atom. The Hall–Kier alpha value is -2.16. The molecule has 1 fully saturated rings. The number of nitrogens with zero attached hydrogens (tertiary/aromatic N) is 3. The van der Waals surface area contributed by atoms with Crippen LogP contribution in [0.4, 0.5) is 17.1 Å². The molecule has 0 aromatic heterocycles. The summed E-state index contributed by atoms with van der Waals surface area (Å²) in [4.78, 5) is 27.7. The van der Waals surface area contributed by atoms with Crippen LogP contribution in [0.25, 0.3) is 0 Å². The van der Waals surface area contributed by atoms with Crippen LogP contribution in [0.2, 0.25) is 0 Å². The molecule has 9 nitrogen and oxygen atoms in total. The fourth-order valence-corrected chi connectivity index (χ4v) is 6.00. The Bertz CT molecular complexity index is 1120. The minimum atomic E-state index is -4.00. The quantitative estimate of drug-likeness (QED) is 0.176. The summed E-state index contributed by atoms with van der Waals surface area (Å²) in [5.74, 6) is -1.74. The summed E-state index contributed by atoms with van der Waals surface area (Å²) < 4.78 is 23.2. The van der Waals surface area contributed by atoms with E-state index in [0.29, 0.717) is 11.3 Å². The first-order chi connectivity index (χ1) is 15.8. The van der Waals surface area contributed by atoms with Crippen LogP contribution < -0.4 is 9.80 Å². The van der Waals surface area contributed by atoms with Gasteiger partial charge in [0.05, 0.1) is 10.3 Å². The second-order valence-corrected chi connectivity index (χ2v) is 12.2. The molecular formula is C22H26Cl2N3O6P. The van der Waals surface area contributed by atoms with E-state index >= 15 is 0 Å². The number of alkyl halides is 2. The highest BCUT2D eigenvalue weighted by molar-refractivity contribution is 7.54. The van der Waals surface area contributed by atoms with Crippen molar-refractivity contribution in [1.29, 1.82) is 0 Å². The van der Waals surface area contributed by atoms with Gasteiger partial charge in [-0.3, -0.25) is 24.4 Å². The molecule has 184 valence electrons. The van der Waals surface area contributed by atoms with Gasteiger partial charge >= 0.3 is 7.60 Å².